The predicted molar refractivity (Wildman–Crippen MR) is 118 cm³/mol. The Morgan fingerprint density at radius 1 is 1.25 bits per heavy atom. The molecule has 3 aromatic rings. The summed E-state index contributed by atoms with van der Waals surface area (Å²) in [6.45, 7) is -0.363. The van der Waals surface area contributed by atoms with Gasteiger partial charge in [0.1, 0.15) is 24.1 Å². The number of fused-ring (bicyclic) bond motifs is 2. The zero-order valence-corrected chi connectivity index (χ0v) is 18.1. The molecule has 2 saturated heterocycles. The third kappa shape index (κ3) is 3.60. The fourth-order valence-electron chi connectivity index (χ4n) is 5.06. The molecule has 0 saturated carbocycles. The van der Waals surface area contributed by atoms with Gasteiger partial charge in [-0.2, -0.15) is 5.10 Å². The van der Waals surface area contributed by atoms with E-state index in [-0.39, 0.29) is 29.6 Å². The molecule has 2 aromatic heterocycles. The van der Waals surface area contributed by atoms with Gasteiger partial charge >= 0.3 is 0 Å². The standard InChI is InChI=1S/C23H26F2N6O/c1-30-12-14(9-28-30)17-7-21(32)18(6-19(17)25)20-10-27-22(11-26-20)31(2)16-5-15-3-4-23(8-16,13-24)29-15/h6-7,9-12,15-16,29,32H,3-5,8,13H2,1-2H3/t15?,16-,23+/m1/s1. The maximum absolute atomic E-state index is 14.8. The molecule has 0 radical (unpaired) electrons. The number of halogens is 2. The molecule has 2 fully saturated rings. The largest absolute Gasteiger partial charge is 0.507 e. The quantitative estimate of drug-likeness (QED) is 0.633. The van der Waals surface area contributed by atoms with Gasteiger partial charge in [0, 0.05) is 54.6 Å². The van der Waals surface area contributed by atoms with E-state index in [1.54, 1.807) is 30.3 Å². The fraction of sp³-hybridized carbons (Fsp3) is 0.435. The van der Waals surface area contributed by atoms with Crippen LogP contribution in [0.2, 0.25) is 0 Å². The number of nitrogens with one attached hydrogen (secondary N) is 1. The lowest BCUT2D eigenvalue weighted by atomic mass is 9.88. The summed E-state index contributed by atoms with van der Waals surface area (Å²) >= 11 is 0. The molecule has 0 spiro atoms. The zero-order valence-electron chi connectivity index (χ0n) is 18.1. The fourth-order valence-corrected chi connectivity index (χ4v) is 5.06. The van der Waals surface area contributed by atoms with Gasteiger partial charge in [-0.15, -0.1) is 0 Å². The Hall–Kier alpha value is -3.07. The highest BCUT2D eigenvalue weighted by Gasteiger charge is 2.46. The van der Waals surface area contributed by atoms with Crippen LogP contribution in [0.3, 0.4) is 0 Å². The highest BCUT2D eigenvalue weighted by molar-refractivity contribution is 5.74. The second-order valence-electron chi connectivity index (χ2n) is 9.01. The highest BCUT2D eigenvalue weighted by atomic mass is 19.1. The van der Waals surface area contributed by atoms with Gasteiger partial charge in [0.05, 0.1) is 24.3 Å². The Labute approximate surface area is 185 Å². The first-order valence-corrected chi connectivity index (χ1v) is 10.8. The monoisotopic (exact) mass is 440 g/mol. The molecule has 0 aliphatic carbocycles. The molecule has 9 heteroatoms. The lowest BCUT2D eigenvalue weighted by Gasteiger charge is -2.41. The molecule has 2 N–H and O–H groups in total. The van der Waals surface area contributed by atoms with Crippen molar-refractivity contribution < 1.29 is 13.9 Å². The van der Waals surface area contributed by atoms with Crippen LogP contribution < -0.4 is 10.2 Å². The number of aromatic hydroxyl groups is 1. The van der Waals surface area contributed by atoms with Crippen LogP contribution >= 0.6 is 0 Å². The number of hydrogen-bond donors (Lipinski definition) is 2. The number of piperidine rings is 1. The van der Waals surface area contributed by atoms with E-state index in [4.69, 9.17) is 0 Å². The van der Waals surface area contributed by atoms with E-state index in [1.165, 1.54) is 18.3 Å². The van der Waals surface area contributed by atoms with Gasteiger partial charge in [-0.25, -0.2) is 13.8 Å². The zero-order chi connectivity index (χ0) is 22.5. The van der Waals surface area contributed by atoms with Crippen molar-refractivity contribution in [2.75, 3.05) is 18.6 Å². The number of phenols is 1. The lowest BCUT2D eigenvalue weighted by molar-refractivity contribution is 0.197. The van der Waals surface area contributed by atoms with Gasteiger partial charge in [-0.3, -0.25) is 9.67 Å². The Balaban J connectivity index is 1.37. The normalized spacial score (nSPS) is 24.6. The number of hydrogen-bond acceptors (Lipinski definition) is 6. The van der Waals surface area contributed by atoms with Crippen LogP contribution in [0.25, 0.3) is 22.4 Å². The molecule has 4 heterocycles. The summed E-state index contributed by atoms with van der Waals surface area (Å²) in [5, 5.41) is 18.0. The Bertz CT molecular complexity index is 1130. The van der Waals surface area contributed by atoms with Crippen LogP contribution in [0.4, 0.5) is 14.6 Å². The van der Waals surface area contributed by atoms with Crippen molar-refractivity contribution in [1.29, 1.82) is 0 Å². The van der Waals surface area contributed by atoms with Crippen LogP contribution in [-0.2, 0) is 7.05 Å². The SMILES string of the molecule is CN(c1cnc(-c2cc(F)c(-c3cnn(C)c3)cc2O)cn1)[C@@H]1CC2CC[C@@](CF)(C1)N2. The maximum atomic E-state index is 14.8. The number of alkyl halides is 1. The van der Waals surface area contributed by atoms with Crippen LogP contribution in [-0.4, -0.2) is 56.2 Å². The third-order valence-corrected chi connectivity index (χ3v) is 6.84. The van der Waals surface area contributed by atoms with Crippen LogP contribution in [0.1, 0.15) is 25.7 Å². The van der Waals surface area contributed by atoms with Crippen molar-refractivity contribution in [3.63, 3.8) is 0 Å². The lowest BCUT2D eigenvalue weighted by Crippen LogP contribution is -2.56. The van der Waals surface area contributed by atoms with E-state index >= 15 is 0 Å². The molecule has 1 unspecified atom stereocenters. The number of nitrogens with zero attached hydrogens (tertiary/aromatic N) is 5. The predicted octanol–water partition coefficient (Wildman–Crippen LogP) is 3.45. The minimum absolute atomic E-state index is 0.0829. The Morgan fingerprint density at radius 2 is 2.09 bits per heavy atom. The minimum Gasteiger partial charge on any atom is -0.507 e. The molecular weight excluding hydrogens is 414 g/mol. The summed E-state index contributed by atoms with van der Waals surface area (Å²) in [6, 6.07) is 3.15. The van der Waals surface area contributed by atoms with E-state index in [2.05, 4.69) is 20.4 Å². The second-order valence-corrected chi connectivity index (χ2v) is 9.01. The first kappa shape index (κ1) is 20.8. The van der Waals surface area contributed by atoms with Gasteiger partial charge in [0.15, 0.2) is 0 Å². The van der Waals surface area contributed by atoms with E-state index in [9.17, 15) is 13.9 Å². The molecule has 7 nitrogen and oxygen atoms in total. The summed E-state index contributed by atoms with van der Waals surface area (Å²) in [5.74, 6) is 0.108. The van der Waals surface area contributed by atoms with Crippen LogP contribution in [0, 0.1) is 5.82 Å². The molecule has 32 heavy (non-hydrogen) atoms. The van der Waals surface area contributed by atoms with Crippen LogP contribution in [0.5, 0.6) is 5.75 Å². The smallest absolute Gasteiger partial charge is 0.147 e. The Kier molecular flexibility index (Phi) is 5.08. The van der Waals surface area contributed by atoms with Gasteiger partial charge < -0.3 is 15.3 Å². The summed E-state index contributed by atoms with van der Waals surface area (Å²) in [7, 11) is 3.70. The van der Waals surface area contributed by atoms with Crippen molar-refractivity contribution in [1.82, 2.24) is 25.1 Å². The molecule has 0 amide bonds. The van der Waals surface area contributed by atoms with Crippen molar-refractivity contribution in [3.8, 4) is 28.1 Å². The molecule has 168 valence electrons. The molecule has 2 bridgehead atoms. The van der Waals surface area contributed by atoms with Crippen molar-refractivity contribution >= 4 is 5.82 Å². The highest BCUT2D eigenvalue weighted by Crippen LogP contribution is 2.39. The van der Waals surface area contributed by atoms with Gasteiger partial charge in [0.25, 0.3) is 0 Å². The van der Waals surface area contributed by atoms with Crippen LogP contribution in [0.15, 0.2) is 36.9 Å². The Morgan fingerprint density at radius 3 is 2.78 bits per heavy atom. The van der Waals surface area contributed by atoms with Gasteiger partial charge in [0.2, 0.25) is 0 Å². The van der Waals surface area contributed by atoms with E-state index in [1.807, 2.05) is 11.9 Å². The first-order chi connectivity index (χ1) is 15.4. The number of benzene rings is 1. The molecule has 2 aliphatic rings. The molecule has 1 aromatic carbocycles. The molecule has 3 atom stereocenters. The number of anilines is 1. The van der Waals surface area contributed by atoms with Gasteiger partial charge in [-0.05, 0) is 37.8 Å². The van der Waals surface area contributed by atoms with Gasteiger partial charge in [-0.1, -0.05) is 0 Å². The number of phenolic OH excluding ortho intramolecular Hbond substituents is 1. The third-order valence-electron chi connectivity index (χ3n) is 6.84. The number of aryl methyl sites for hydroxylation is 1. The van der Waals surface area contributed by atoms with Crippen molar-refractivity contribution in [2.45, 2.75) is 43.3 Å². The topological polar surface area (TPSA) is 79.1 Å². The van der Waals surface area contributed by atoms with Crippen molar-refractivity contribution in [2.24, 2.45) is 7.05 Å². The van der Waals surface area contributed by atoms with Crippen molar-refractivity contribution in [3.05, 3.63) is 42.7 Å². The number of aromatic nitrogens is 4. The summed E-state index contributed by atoms with van der Waals surface area (Å²) < 4.78 is 30.0. The average molecular weight is 440 g/mol. The first-order valence-electron chi connectivity index (χ1n) is 10.8. The molecule has 5 rings (SSSR count). The number of rotatable bonds is 5. The minimum atomic E-state index is -0.476. The average Bonchev–Trinajstić information content (AvgIpc) is 3.37. The molecule has 2 aliphatic heterocycles. The van der Waals surface area contributed by atoms with E-state index < -0.39 is 11.4 Å². The molecular formula is C23H26F2N6O. The summed E-state index contributed by atoms with van der Waals surface area (Å²) in [4.78, 5) is 11.0. The summed E-state index contributed by atoms with van der Waals surface area (Å²) in [5.41, 5.74) is 1.08. The van der Waals surface area contributed by atoms with E-state index in [0.29, 0.717) is 23.1 Å². The van der Waals surface area contributed by atoms with E-state index in [0.717, 1.165) is 25.7 Å². The summed E-state index contributed by atoms with van der Waals surface area (Å²) in [6.07, 6.45) is 9.90. The maximum Gasteiger partial charge on any atom is 0.147 e. The second kappa shape index (κ2) is 7.81.